The summed E-state index contributed by atoms with van der Waals surface area (Å²) in [6.07, 6.45) is 4.55. The van der Waals surface area contributed by atoms with Gasteiger partial charge in [0.2, 0.25) is 5.91 Å². The Morgan fingerprint density at radius 1 is 1.08 bits per heavy atom. The van der Waals surface area contributed by atoms with Crippen molar-refractivity contribution in [3.63, 3.8) is 0 Å². The third kappa shape index (κ3) is 5.87. The lowest BCUT2D eigenvalue weighted by Crippen LogP contribution is -2.48. The molecule has 0 spiro atoms. The highest BCUT2D eigenvalue weighted by Gasteiger charge is 2.21. The first kappa shape index (κ1) is 19.5. The Balaban J connectivity index is 1.81. The van der Waals surface area contributed by atoms with Crippen LogP contribution in [-0.2, 0) is 4.79 Å². The van der Waals surface area contributed by atoms with Crippen LogP contribution in [0.2, 0.25) is 0 Å². The average Bonchev–Trinajstić information content (AvgIpc) is 2.64. The first-order valence-corrected chi connectivity index (χ1v) is 9.67. The van der Waals surface area contributed by atoms with E-state index in [0.29, 0.717) is 24.7 Å². The van der Waals surface area contributed by atoms with Gasteiger partial charge in [0, 0.05) is 50.3 Å². The molecule has 0 aliphatic carbocycles. The van der Waals surface area contributed by atoms with Gasteiger partial charge >= 0.3 is 0 Å². The number of benzene rings is 1. The predicted octanol–water partition coefficient (Wildman–Crippen LogP) is 4.14. The smallest absolute Gasteiger partial charge is 0.222 e. The largest absolute Gasteiger partial charge is 0.368 e. The van der Waals surface area contributed by atoms with Crippen LogP contribution in [-0.4, -0.2) is 42.8 Å². The summed E-state index contributed by atoms with van der Waals surface area (Å²) < 4.78 is 0. The van der Waals surface area contributed by atoms with E-state index >= 15 is 0 Å². The number of nitrogens with zero attached hydrogens (tertiary/aromatic N) is 2. The van der Waals surface area contributed by atoms with Gasteiger partial charge in [-0.05, 0) is 24.5 Å². The van der Waals surface area contributed by atoms with Gasteiger partial charge in [-0.2, -0.15) is 0 Å². The van der Waals surface area contributed by atoms with Crippen molar-refractivity contribution in [3.8, 4) is 0 Å². The molecular formula is C21H32N2O2. The molecule has 0 bridgehead atoms. The highest BCUT2D eigenvalue weighted by atomic mass is 16.2. The number of Topliss-reactive ketones (excluding diaryl/α,β-unsaturated/α-hetero) is 1. The van der Waals surface area contributed by atoms with Gasteiger partial charge in [0.15, 0.2) is 5.78 Å². The third-order valence-electron chi connectivity index (χ3n) is 4.91. The minimum atomic E-state index is 0.178. The molecule has 0 radical (unpaired) electrons. The van der Waals surface area contributed by atoms with Gasteiger partial charge in [-0.25, -0.2) is 0 Å². The van der Waals surface area contributed by atoms with E-state index < -0.39 is 0 Å². The second-order valence-corrected chi connectivity index (χ2v) is 7.33. The van der Waals surface area contributed by atoms with E-state index in [1.165, 1.54) is 6.42 Å². The molecule has 0 atom stereocenters. The van der Waals surface area contributed by atoms with Crippen LogP contribution in [0.3, 0.4) is 0 Å². The van der Waals surface area contributed by atoms with Crippen molar-refractivity contribution < 1.29 is 9.59 Å². The monoisotopic (exact) mass is 344 g/mol. The molecule has 25 heavy (non-hydrogen) atoms. The van der Waals surface area contributed by atoms with E-state index in [2.05, 4.69) is 24.8 Å². The number of carbonyl (C=O) groups is 2. The fourth-order valence-electron chi connectivity index (χ4n) is 3.28. The first-order chi connectivity index (χ1) is 12.0. The Morgan fingerprint density at radius 3 is 2.44 bits per heavy atom. The Labute approximate surface area is 152 Å². The van der Waals surface area contributed by atoms with Crippen molar-refractivity contribution in [3.05, 3.63) is 29.8 Å². The van der Waals surface area contributed by atoms with E-state index in [1.54, 1.807) is 0 Å². The molecule has 0 saturated carbocycles. The molecule has 1 aromatic carbocycles. The maximum absolute atomic E-state index is 12.3. The van der Waals surface area contributed by atoms with Gasteiger partial charge in [-0.3, -0.25) is 9.59 Å². The molecule has 1 aromatic rings. The summed E-state index contributed by atoms with van der Waals surface area (Å²) >= 11 is 0. The molecule has 1 aliphatic rings. The van der Waals surface area contributed by atoms with Crippen molar-refractivity contribution in [2.75, 3.05) is 31.1 Å². The van der Waals surface area contributed by atoms with Gasteiger partial charge in [-0.15, -0.1) is 0 Å². The number of anilines is 1. The van der Waals surface area contributed by atoms with Crippen molar-refractivity contribution in [2.45, 2.75) is 52.9 Å². The van der Waals surface area contributed by atoms with Crippen LogP contribution in [0.4, 0.5) is 5.69 Å². The standard InChI is InChI=1S/C21H32N2O2/c1-4-20(24)18-9-7-10-19(16-18)22-12-14-23(15-13-22)21(25)11-6-5-8-17(2)3/h7,9-10,16-17H,4-6,8,11-15H2,1-3H3. The Bertz CT molecular complexity index is 575. The maximum atomic E-state index is 12.3. The Morgan fingerprint density at radius 2 is 1.80 bits per heavy atom. The molecule has 4 heteroatoms. The summed E-state index contributed by atoms with van der Waals surface area (Å²) in [5, 5.41) is 0. The number of rotatable bonds is 8. The second kappa shape index (κ2) is 9.59. The van der Waals surface area contributed by atoms with Crippen LogP contribution in [0.1, 0.15) is 63.2 Å². The maximum Gasteiger partial charge on any atom is 0.222 e. The molecular weight excluding hydrogens is 312 g/mol. The van der Waals surface area contributed by atoms with E-state index in [0.717, 1.165) is 50.3 Å². The zero-order valence-electron chi connectivity index (χ0n) is 16.0. The molecule has 1 heterocycles. The molecule has 2 rings (SSSR count). The molecule has 1 fully saturated rings. The SMILES string of the molecule is CCC(=O)c1cccc(N2CCN(C(=O)CCCCC(C)C)CC2)c1. The zero-order valence-corrected chi connectivity index (χ0v) is 16.0. The summed E-state index contributed by atoms with van der Waals surface area (Å²) in [5.74, 6) is 1.18. The fraction of sp³-hybridized carbons (Fsp3) is 0.619. The van der Waals surface area contributed by atoms with E-state index in [4.69, 9.17) is 0 Å². The number of amides is 1. The fourth-order valence-corrected chi connectivity index (χ4v) is 3.28. The number of hydrogen-bond donors (Lipinski definition) is 0. The predicted molar refractivity (Wildman–Crippen MR) is 103 cm³/mol. The number of carbonyl (C=O) groups excluding carboxylic acids is 2. The van der Waals surface area contributed by atoms with Crippen LogP contribution < -0.4 is 4.90 Å². The summed E-state index contributed by atoms with van der Waals surface area (Å²) in [6, 6.07) is 7.86. The molecule has 1 saturated heterocycles. The topological polar surface area (TPSA) is 40.6 Å². The number of piperazine rings is 1. The van der Waals surface area contributed by atoms with Crippen LogP contribution >= 0.6 is 0 Å². The van der Waals surface area contributed by atoms with Gasteiger partial charge in [-0.1, -0.05) is 45.7 Å². The second-order valence-electron chi connectivity index (χ2n) is 7.33. The quantitative estimate of drug-likeness (QED) is 0.525. The minimum absolute atomic E-state index is 0.178. The molecule has 1 aliphatic heterocycles. The normalized spacial score (nSPS) is 14.9. The van der Waals surface area contributed by atoms with Crippen LogP contribution in [0, 0.1) is 5.92 Å². The van der Waals surface area contributed by atoms with Gasteiger partial charge < -0.3 is 9.80 Å². The lowest BCUT2D eigenvalue weighted by atomic mass is 10.0. The van der Waals surface area contributed by atoms with Crippen molar-refractivity contribution in [2.24, 2.45) is 5.92 Å². The minimum Gasteiger partial charge on any atom is -0.368 e. The summed E-state index contributed by atoms with van der Waals surface area (Å²) in [4.78, 5) is 28.5. The summed E-state index contributed by atoms with van der Waals surface area (Å²) in [7, 11) is 0. The number of ketones is 1. The van der Waals surface area contributed by atoms with Crippen molar-refractivity contribution in [1.82, 2.24) is 4.90 Å². The van der Waals surface area contributed by atoms with E-state index in [-0.39, 0.29) is 5.78 Å². The number of unbranched alkanes of at least 4 members (excludes halogenated alkanes) is 1. The third-order valence-corrected chi connectivity index (χ3v) is 4.91. The number of hydrogen-bond acceptors (Lipinski definition) is 3. The Hall–Kier alpha value is -1.84. The lowest BCUT2D eigenvalue weighted by molar-refractivity contribution is -0.131. The van der Waals surface area contributed by atoms with Crippen LogP contribution in [0.15, 0.2) is 24.3 Å². The summed E-state index contributed by atoms with van der Waals surface area (Å²) in [6.45, 7) is 9.56. The average molecular weight is 344 g/mol. The van der Waals surface area contributed by atoms with Gasteiger partial charge in [0.1, 0.15) is 0 Å². The van der Waals surface area contributed by atoms with E-state index in [9.17, 15) is 9.59 Å². The highest BCUT2D eigenvalue weighted by molar-refractivity contribution is 5.96. The van der Waals surface area contributed by atoms with Crippen molar-refractivity contribution in [1.29, 1.82) is 0 Å². The molecule has 1 amide bonds. The summed E-state index contributed by atoms with van der Waals surface area (Å²) in [5.41, 5.74) is 1.87. The van der Waals surface area contributed by atoms with Gasteiger partial charge in [0.05, 0.1) is 0 Å². The zero-order chi connectivity index (χ0) is 18.2. The van der Waals surface area contributed by atoms with E-state index in [1.807, 2.05) is 30.0 Å². The highest BCUT2D eigenvalue weighted by Crippen LogP contribution is 2.19. The van der Waals surface area contributed by atoms with Crippen LogP contribution in [0.25, 0.3) is 0 Å². The Kier molecular flexibility index (Phi) is 7.48. The van der Waals surface area contributed by atoms with Crippen molar-refractivity contribution >= 4 is 17.4 Å². The van der Waals surface area contributed by atoms with Gasteiger partial charge in [0.25, 0.3) is 0 Å². The molecule has 0 aromatic heterocycles. The molecule has 4 nitrogen and oxygen atoms in total. The lowest BCUT2D eigenvalue weighted by Gasteiger charge is -2.36. The van der Waals surface area contributed by atoms with Crippen LogP contribution in [0.5, 0.6) is 0 Å². The first-order valence-electron chi connectivity index (χ1n) is 9.67. The molecule has 138 valence electrons. The molecule has 0 N–H and O–H groups in total. The molecule has 0 unspecified atom stereocenters.